The van der Waals surface area contributed by atoms with Gasteiger partial charge in [-0.25, -0.2) is 9.38 Å². The van der Waals surface area contributed by atoms with E-state index in [0.29, 0.717) is 12.1 Å². The van der Waals surface area contributed by atoms with Gasteiger partial charge in [-0.2, -0.15) is 0 Å². The fourth-order valence-corrected chi connectivity index (χ4v) is 2.51. The molecule has 0 radical (unpaired) electrons. The first-order valence-electron chi connectivity index (χ1n) is 7.54. The maximum Gasteiger partial charge on any atom is 0.194 e. The summed E-state index contributed by atoms with van der Waals surface area (Å²) in [6.45, 7) is 5.88. The molecule has 1 heterocycles. The van der Waals surface area contributed by atoms with Crippen molar-refractivity contribution in [3.63, 3.8) is 0 Å². The first-order chi connectivity index (χ1) is 10.2. The number of hydrogen-bond acceptors (Lipinski definition) is 2. The molecule has 6 heteroatoms. The van der Waals surface area contributed by atoms with Gasteiger partial charge in [0.25, 0.3) is 0 Å². The molecule has 0 amide bonds. The average Bonchev–Trinajstić information content (AvgIpc) is 3.01. The van der Waals surface area contributed by atoms with Crippen LogP contribution in [0.3, 0.4) is 0 Å². The molecule has 0 unspecified atom stereocenters. The van der Waals surface area contributed by atoms with Gasteiger partial charge in [0.1, 0.15) is 5.82 Å². The Labute approximate surface area is 149 Å². The summed E-state index contributed by atoms with van der Waals surface area (Å²) in [4.78, 5) is 6.95. The van der Waals surface area contributed by atoms with Crippen LogP contribution in [-0.4, -0.2) is 37.6 Å². The highest BCUT2D eigenvalue weighted by Gasteiger charge is 2.15. The quantitative estimate of drug-likeness (QED) is 0.451. The molecule has 0 atom stereocenters. The van der Waals surface area contributed by atoms with Crippen LogP contribution in [0.25, 0.3) is 0 Å². The summed E-state index contributed by atoms with van der Waals surface area (Å²) < 4.78 is 18.6. The highest BCUT2D eigenvalue weighted by atomic mass is 127. The van der Waals surface area contributed by atoms with Gasteiger partial charge in [0.05, 0.1) is 13.2 Å². The van der Waals surface area contributed by atoms with E-state index < -0.39 is 0 Å². The van der Waals surface area contributed by atoms with Crippen molar-refractivity contribution in [2.24, 2.45) is 4.99 Å². The van der Waals surface area contributed by atoms with Gasteiger partial charge in [-0.15, -0.1) is 24.0 Å². The minimum absolute atomic E-state index is 0. The number of ether oxygens (including phenoxy) is 1. The molecule has 0 bridgehead atoms. The van der Waals surface area contributed by atoms with Gasteiger partial charge in [0, 0.05) is 32.3 Å². The van der Waals surface area contributed by atoms with Crippen molar-refractivity contribution >= 4 is 29.9 Å². The van der Waals surface area contributed by atoms with Crippen molar-refractivity contribution in [1.29, 1.82) is 0 Å². The zero-order chi connectivity index (χ0) is 15.1. The largest absolute Gasteiger partial charge is 0.380 e. The van der Waals surface area contributed by atoms with E-state index in [0.717, 1.165) is 31.2 Å². The number of guanidine groups is 1. The monoisotopic (exact) mass is 421 g/mol. The van der Waals surface area contributed by atoms with Crippen LogP contribution in [-0.2, 0) is 17.9 Å². The topological polar surface area (TPSA) is 36.9 Å². The number of benzene rings is 1. The fraction of sp³-hybridized carbons (Fsp3) is 0.562. The Bertz CT molecular complexity index is 490. The summed E-state index contributed by atoms with van der Waals surface area (Å²) in [5, 5.41) is 3.32. The van der Waals surface area contributed by atoms with Crippen molar-refractivity contribution < 1.29 is 9.13 Å². The standard InChI is InChI=1S/C16H24FN3O.HI/c1-3-18-16(20-8-4-5-9-20)19-11-13-6-7-15(17)14(10-13)12-21-2;/h6-7,10H,3-5,8-9,11-12H2,1-2H3,(H,18,19);1H. The second-order valence-corrected chi connectivity index (χ2v) is 5.22. The normalized spacial score (nSPS) is 14.9. The Morgan fingerprint density at radius 2 is 2.09 bits per heavy atom. The maximum atomic E-state index is 13.6. The van der Waals surface area contributed by atoms with Crippen molar-refractivity contribution in [3.8, 4) is 0 Å². The highest BCUT2D eigenvalue weighted by Crippen LogP contribution is 2.13. The number of nitrogens with one attached hydrogen (secondary N) is 1. The van der Waals surface area contributed by atoms with Gasteiger partial charge in [0.15, 0.2) is 5.96 Å². The molecule has 22 heavy (non-hydrogen) atoms. The molecular formula is C16H25FIN3O. The first kappa shape index (κ1) is 19.2. The molecule has 124 valence electrons. The summed E-state index contributed by atoms with van der Waals surface area (Å²) in [5.74, 6) is 0.726. The second kappa shape index (κ2) is 9.99. The zero-order valence-corrected chi connectivity index (χ0v) is 15.6. The summed E-state index contributed by atoms with van der Waals surface area (Å²) in [6.07, 6.45) is 2.44. The van der Waals surface area contributed by atoms with Crippen molar-refractivity contribution in [3.05, 3.63) is 35.1 Å². The smallest absolute Gasteiger partial charge is 0.194 e. The molecule has 0 saturated carbocycles. The lowest BCUT2D eigenvalue weighted by Crippen LogP contribution is -2.39. The fourth-order valence-electron chi connectivity index (χ4n) is 2.51. The lowest BCUT2D eigenvalue weighted by molar-refractivity contribution is 0.181. The Morgan fingerprint density at radius 3 is 2.73 bits per heavy atom. The minimum atomic E-state index is -0.226. The Hall–Kier alpha value is -0.890. The maximum absolute atomic E-state index is 13.6. The van der Waals surface area contributed by atoms with E-state index in [-0.39, 0.29) is 36.4 Å². The van der Waals surface area contributed by atoms with Gasteiger partial charge in [-0.05, 0) is 37.5 Å². The van der Waals surface area contributed by atoms with Crippen LogP contribution in [0.5, 0.6) is 0 Å². The molecule has 1 saturated heterocycles. The van der Waals surface area contributed by atoms with Crippen LogP contribution in [0, 0.1) is 5.82 Å². The molecule has 1 aliphatic heterocycles. The molecule has 0 aromatic heterocycles. The van der Waals surface area contributed by atoms with E-state index in [1.165, 1.54) is 18.9 Å². The lowest BCUT2D eigenvalue weighted by atomic mass is 10.1. The molecule has 1 fully saturated rings. The lowest BCUT2D eigenvalue weighted by Gasteiger charge is -2.20. The second-order valence-electron chi connectivity index (χ2n) is 5.22. The molecule has 4 nitrogen and oxygen atoms in total. The molecule has 0 spiro atoms. The summed E-state index contributed by atoms with van der Waals surface area (Å²) in [6, 6.07) is 5.10. The Balaban J connectivity index is 0.00000242. The number of hydrogen-bond donors (Lipinski definition) is 1. The van der Waals surface area contributed by atoms with E-state index in [9.17, 15) is 4.39 Å². The Morgan fingerprint density at radius 1 is 1.36 bits per heavy atom. The van der Waals surface area contributed by atoms with Crippen LogP contribution < -0.4 is 5.32 Å². The molecular weight excluding hydrogens is 396 g/mol. The summed E-state index contributed by atoms with van der Waals surface area (Å²) >= 11 is 0. The number of aliphatic imine (C=N–C) groups is 1. The molecule has 0 aliphatic carbocycles. The van der Waals surface area contributed by atoms with Gasteiger partial charge < -0.3 is 15.0 Å². The molecule has 1 aromatic carbocycles. The van der Waals surface area contributed by atoms with E-state index in [2.05, 4.69) is 22.1 Å². The minimum Gasteiger partial charge on any atom is -0.380 e. The Kier molecular flexibility index (Phi) is 8.70. The number of rotatable bonds is 5. The summed E-state index contributed by atoms with van der Waals surface area (Å²) in [7, 11) is 1.57. The predicted octanol–water partition coefficient (Wildman–Crippen LogP) is 3.15. The third kappa shape index (κ3) is 5.39. The summed E-state index contributed by atoms with van der Waals surface area (Å²) in [5.41, 5.74) is 1.58. The SMILES string of the molecule is CCNC(=NCc1ccc(F)c(COC)c1)N1CCCC1.I. The van der Waals surface area contributed by atoms with E-state index in [1.54, 1.807) is 13.2 Å². The highest BCUT2D eigenvalue weighted by molar-refractivity contribution is 14.0. The van der Waals surface area contributed by atoms with E-state index >= 15 is 0 Å². The van der Waals surface area contributed by atoms with Gasteiger partial charge in [0.2, 0.25) is 0 Å². The van der Waals surface area contributed by atoms with Crippen LogP contribution in [0.2, 0.25) is 0 Å². The van der Waals surface area contributed by atoms with Crippen LogP contribution >= 0.6 is 24.0 Å². The first-order valence-corrected chi connectivity index (χ1v) is 7.54. The van der Waals surface area contributed by atoms with Crippen LogP contribution in [0.4, 0.5) is 4.39 Å². The molecule has 2 rings (SSSR count). The third-order valence-corrected chi connectivity index (χ3v) is 3.56. The number of methoxy groups -OCH3 is 1. The number of halogens is 2. The third-order valence-electron chi connectivity index (χ3n) is 3.56. The van der Waals surface area contributed by atoms with Gasteiger partial charge in [-0.1, -0.05) is 6.07 Å². The van der Waals surface area contributed by atoms with Gasteiger partial charge in [-0.3, -0.25) is 0 Å². The number of likely N-dealkylation sites (tertiary alicyclic amines) is 1. The van der Waals surface area contributed by atoms with Crippen molar-refractivity contribution in [2.75, 3.05) is 26.7 Å². The zero-order valence-electron chi connectivity index (χ0n) is 13.3. The van der Waals surface area contributed by atoms with Crippen molar-refractivity contribution in [1.82, 2.24) is 10.2 Å². The van der Waals surface area contributed by atoms with Crippen LogP contribution in [0.1, 0.15) is 30.9 Å². The molecule has 1 aromatic rings. The average molecular weight is 421 g/mol. The predicted molar refractivity (Wildman–Crippen MR) is 98.2 cm³/mol. The van der Waals surface area contributed by atoms with Crippen LogP contribution in [0.15, 0.2) is 23.2 Å². The molecule has 1 aliphatic rings. The van der Waals surface area contributed by atoms with Crippen molar-refractivity contribution in [2.45, 2.75) is 32.9 Å². The van der Waals surface area contributed by atoms with Gasteiger partial charge >= 0.3 is 0 Å². The van der Waals surface area contributed by atoms with E-state index in [4.69, 9.17) is 4.74 Å². The van der Waals surface area contributed by atoms with E-state index in [1.807, 2.05) is 6.07 Å². The molecule has 1 N–H and O–H groups in total. The number of nitrogens with zero attached hydrogens (tertiary/aromatic N) is 2.